The Hall–Kier alpha value is -5.20. The lowest BCUT2D eigenvalue weighted by Crippen LogP contribution is -2.28. The molecule has 0 saturated carbocycles. The average Bonchev–Trinajstić information content (AvgIpc) is 3.19. The summed E-state index contributed by atoms with van der Waals surface area (Å²) in [6, 6.07) is 54.0. The zero-order valence-corrected chi connectivity index (χ0v) is 34.1. The summed E-state index contributed by atoms with van der Waals surface area (Å²) in [5.41, 5.74) is 11.8. The van der Waals surface area contributed by atoms with Gasteiger partial charge >= 0.3 is 0 Å². The Kier molecular flexibility index (Phi) is 11.3. The van der Waals surface area contributed by atoms with Crippen LogP contribution in [0.2, 0.25) is 0 Å². The molecule has 0 saturated heterocycles. The quantitative estimate of drug-likeness (QED) is 0.106. The van der Waals surface area contributed by atoms with E-state index in [9.17, 15) is 0 Å². The molecule has 0 unspecified atom stereocenters. The first kappa shape index (κ1) is 37.1. The molecule has 0 heterocycles. The Morgan fingerprint density at radius 3 is 1.00 bits per heavy atom. The van der Waals surface area contributed by atoms with Crippen molar-refractivity contribution < 1.29 is 13.4 Å². The zero-order chi connectivity index (χ0) is 37.8. The molecule has 0 aromatic heterocycles. The molecule has 0 spiro atoms. The van der Waals surface area contributed by atoms with Crippen LogP contribution >= 0.6 is 16.1 Å². The van der Waals surface area contributed by atoms with Crippen molar-refractivity contribution in [3.05, 3.63) is 203 Å². The van der Waals surface area contributed by atoms with Gasteiger partial charge in [-0.1, -0.05) is 106 Å². The largest absolute Gasteiger partial charge is 0.490 e. The maximum atomic E-state index is 6.45. The van der Waals surface area contributed by atoms with E-state index < -0.39 is 16.1 Å². The molecule has 1 aliphatic carbocycles. The first-order valence-corrected chi connectivity index (χ1v) is 21.1. The van der Waals surface area contributed by atoms with E-state index in [0.717, 1.165) is 28.6 Å². The van der Waals surface area contributed by atoms with Crippen molar-refractivity contribution in [2.75, 3.05) is 7.11 Å². The fraction of sp³-hybridized carbons (Fsp3) is 0.143. The third-order valence-electron chi connectivity index (χ3n) is 9.71. The molecule has 0 fully saturated rings. The van der Waals surface area contributed by atoms with Gasteiger partial charge in [0.25, 0.3) is 16.1 Å². The fourth-order valence-electron chi connectivity index (χ4n) is 6.59. The predicted molar refractivity (Wildman–Crippen MR) is 234 cm³/mol. The number of methoxy groups -OCH3 is 1. The number of rotatable bonds is 9. The zero-order valence-electron chi connectivity index (χ0n) is 32.3. The summed E-state index contributed by atoms with van der Waals surface area (Å²) in [4.78, 5) is 0. The molecule has 3 nitrogen and oxygen atoms in total. The molecule has 0 amide bonds. The van der Waals surface area contributed by atoms with Crippen LogP contribution < -0.4 is 21.2 Å². The molecule has 0 atom stereocenters. The number of hydrogen-bond donors (Lipinski definition) is 0. The van der Waals surface area contributed by atoms with E-state index >= 15 is 0 Å². The number of ether oxygens (including phenoxy) is 1. The highest BCUT2D eigenvalue weighted by atomic mass is 31.1. The third-order valence-corrected chi connectivity index (χ3v) is 14.6. The monoisotopic (exact) mass is 742 g/mol. The molecule has 0 bridgehead atoms. The highest BCUT2D eigenvalue weighted by Crippen LogP contribution is 2.44. The maximum Gasteiger partial charge on any atom is 0.252 e. The maximum absolute atomic E-state index is 6.45. The number of benzene rings is 6. The Morgan fingerprint density at radius 1 is 0.370 bits per heavy atom. The molecular weight excluding hydrogens is 694 g/mol. The molecule has 7 rings (SSSR count). The molecule has 268 valence electrons. The van der Waals surface area contributed by atoms with Crippen LogP contribution in [-0.4, -0.2) is 27.2 Å². The third kappa shape index (κ3) is 8.14. The van der Waals surface area contributed by atoms with Crippen LogP contribution in [0.5, 0.6) is 0 Å². The topological polar surface area (TPSA) is 15.2 Å². The van der Waals surface area contributed by atoms with Crippen molar-refractivity contribution in [2.45, 2.75) is 41.5 Å². The smallest absolute Gasteiger partial charge is 0.252 e. The Balaban J connectivity index is 1.52. The molecular formula is C49H48N2OP2+2. The highest BCUT2D eigenvalue weighted by Gasteiger charge is 2.38. The number of aryl methyl sites for hydroxylation is 6. The fourth-order valence-corrected chi connectivity index (χ4v) is 11.3. The van der Waals surface area contributed by atoms with Crippen LogP contribution in [0.1, 0.15) is 33.4 Å². The molecule has 1 aliphatic rings. The van der Waals surface area contributed by atoms with E-state index in [-0.39, 0.29) is 0 Å². The summed E-state index contributed by atoms with van der Waals surface area (Å²) in [7, 11) is -0.256. The second kappa shape index (κ2) is 16.4. The van der Waals surface area contributed by atoms with E-state index in [1.165, 1.54) is 54.6 Å². The van der Waals surface area contributed by atoms with Crippen molar-refractivity contribution >= 4 is 60.2 Å². The van der Waals surface area contributed by atoms with Crippen LogP contribution in [-0.2, 0) is 4.74 Å². The van der Waals surface area contributed by atoms with E-state index in [1.807, 2.05) is 0 Å². The molecule has 5 heteroatoms. The van der Waals surface area contributed by atoms with E-state index in [1.54, 1.807) is 7.11 Å². The highest BCUT2D eigenvalue weighted by molar-refractivity contribution is 7.68. The van der Waals surface area contributed by atoms with Crippen molar-refractivity contribution in [3.63, 3.8) is 0 Å². The minimum atomic E-state index is -1.04. The lowest BCUT2D eigenvalue weighted by atomic mass is 10.1. The van der Waals surface area contributed by atoms with Gasteiger partial charge in [-0.25, -0.2) is 0 Å². The number of hydrogen-bond acceptors (Lipinski definition) is 1. The van der Waals surface area contributed by atoms with Crippen molar-refractivity contribution in [1.29, 1.82) is 0 Å². The van der Waals surface area contributed by atoms with E-state index in [0.29, 0.717) is 0 Å². The number of nitrogens with zero attached hydrogens (tertiary/aromatic N) is 2. The van der Waals surface area contributed by atoms with Crippen LogP contribution in [0.25, 0.3) is 0 Å². The standard InChI is InChI=1S/C49H48N2OP2/c1-35-8-20-41(21-9-35)50(53(44-25-12-37(3)13-26-44)45-27-14-38(4)15-28-45)43-24-33-48(49(34-43)52-7)51(42-22-10-36(2)11-23-42)54(46-29-16-39(5)17-30-46)47-31-18-40(6)19-32-47/h8-34H,1-7H3/q+2. The van der Waals surface area contributed by atoms with E-state index in [4.69, 9.17) is 4.74 Å². The van der Waals surface area contributed by atoms with Gasteiger partial charge in [-0.15, -0.1) is 0 Å². The van der Waals surface area contributed by atoms with Crippen molar-refractivity contribution in [3.8, 4) is 0 Å². The second-order valence-corrected chi connectivity index (χ2v) is 18.2. The van der Waals surface area contributed by atoms with E-state index in [2.05, 4.69) is 214 Å². The summed E-state index contributed by atoms with van der Waals surface area (Å²) in [5, 5.41) is 5.11. The lowest BCUT2D eigenvalue weighted by molar-refractivity contribution is -0.255. The van der Waals surface area contributed by atoms with Gasteiger partial charge in [0.05, 0.1) is 13.2 Å². The summed E-state index contributed by atoms with van der Waals surface area (Å²) in [5.74, 6) is 0.819. The Bertz CT molecular complexity index is 2280. The van der Waals surface area contributed by atoms with Gasteiger partial charge in [-0.3, -0.25) is 0 Å². The molecule has 54 heavy (non-hydrogen) atoms. The average molecular weight is 743 g/mol. The molecule has 0 radical (unpaired) electrons. The molecule has 0 N–H and O–H groups in total. The number of allylic oxidation sites excluding steroid dienone is 3. The SMILES string of the molecule is COC1=CC(=[N+](c2ccc(C)cc2)P(c2ccc(C)cc2)c2ccc(C)cc2)C=CC1=[N+](c1ccc(C)cc1)P(c1ccc(C)cc1)c1ccc(C)cc1. The Labute approximate surface area is 324 Å². The van der Waals surface area contributed by atoms with Gasteiger partial charge in [0.2, 0.25) is 22.8 Å². The van der Waals surface area contributed by atoms with Gasteiger partial charge in [0.15, 0.2) is 5.76 Å². The van der Waals surface area contributed by atoms with Crippen molar-refractivity contribution in [1.82, 2.24) is 0 Å². The summed E-state index contributed by atoms with van der Waals surface area (Å²) in [6.07, 6.45) is 6.80. The van der Waals surface area contributed by atoms with Crippen LogP contribution in [0.4, 0.5) is 11.4 Å². The molecule has 6 aromatic carbocycles. The van der Waals surface area contributed by atoms with Crippen LogP contribution in [0, 0.1) is 41.5 Å². The summed E-state index contributed by atoms with van der Waals surface area (Å²) in [6.45, 7) is 12.9. The Morgan fingerprint density at radius 2 is 0.667 bits per heavy atom. The van der Waals surface area contributed by atoms with Gasteiger partial charge in [-0.05, 0) is 90.1 Å². The van der Waals surface area contributed by atoms with Gasteiger partial charge < -0.3 is 4.74 Å². The minimum absolute atomic E-state index is 0.819. The van der Waals surface area contributed by atoms with Gasteiger partial charge in [-0.2, -0.15) is 8.69 Å². The van der Waals surface area contributed by atoms with Crippen LogP contribution in [0.15, 0.2) is 170 Å². The minimum Gasteiger partial charge on any atom is -0.490 e. The molecule has 6 aromatic rings. The summed E-state index contributed by atoms with van der Waals surface area (Å²) >= 11 is 0. The molecule has 0 aliphatic heterocycles. The lowest BCUT2D eigenvalue weighted by Gasteiger charge is -2.21. The predicted octanol–water partition coefficient (Wildman–Crippen LogP) is 10.6. The van der Waals surface area contributed by atoms with Gasteiger partial charge in [0.1, 0.15) is 0 Å². The first-order chi connectivity index (χ1) is 26.2. The normalized spacial score (nSPS) is 14.6. The second-order valence-electron chi connectivity index (χ2n) is 14.1. The summed E-state index contributed by atoms with van der Waals surface area (Å²) < 4.78 is 11.5. The van der Waals surface area contributed by atoms with Crippen LogP contribution in [0.3, 0.4) is 0 Å². The van der Waals surface area contributed by atoms with Crippen molar-refractivity contribution in [2.24, 2.45) is 0 Å². The van der Waals surface area contributed by atoms with Gasteiger partial charge in [0, 0.05) is 57.6 Å². The first-order valence-electron chi connectivity index (χ1n) is 18.5.